The number of nitrogen functional groups attached to an aromatic ring is 2. The van der Waals surface area contributed by atoms with Crippen molar-refractivity contribution in [2.45, 2.75) is 11.3 Å². The van der Waals surface area contributed by atoms with E-state index >= 15 is 0 Å². The number of anilines is 1. The number of benzene rings is 4. The molecule has 0 spiro atoms. The zero-order chi connectivity index (χ0) is 25.9. The summed E-state index contributed by atoms with van der Waals surface area (Å²) in [7, 11) is -3.90. The second kappa shape index (κ2) is 10.0. The van der Waals surface area contributed by atoms with Crippen molar-refractivity contribution in [3.8, 4) is 22.6 Å². The average Bonchev–Trinajstić information content (AvgIpc) is 2.85. The molecule has 0 aliphatic carbocycles. The van der Waals surface area contributed by atoms with Gasteiger partial charge in [-0.2, -0.15) is 0 Å². The lowest BCUT2D eigenvalue weighted by molar-refractivity contribution is 0.0992. The van der Waals surface area contributed by atoms with Crippen LogP contribution in [0.5, 0.6) is 11.5 Å². The minimum atomic E-state index is -3.90. The summed E-state index contributed by atoms with van der Waals surface area (Å²) in [6, 6.07) is 24.9. The summed E-state index contributed by atoms with van der Waals surface area (Å²) >= 11 is 0. The van der Waals surface area contributed by atoms with Crippen molar-refractivity contribution < 1.29 is 17.9 Å². The Labute approximate surface area is 208 Å². The quantitative estimate of drug-likeness (QED) is 0.123. The van der Waals surface area contributed by atoms with Crippen LogP contribution in [0.25, 0.3) is 11.1 Å². The van der Waals surface area contributed by atoms with Crippen molar-refractivity contribution in [1.29, 1.82) is 5.41 Å². The standard InChI is InChI=1S/C27H24N4O4S/c28-21-12-13-25(35-22-5-3-4-19(15-22)27(29)30)20(14-21)16-24(32)18-10-8-17(9-11-18)23-6-1-2-7-26(23)36(31,33)34/h1-15H,16,28H2,(H3,29,30)(H2,31,33,34). The normalized spacial score (nSPS) is 11.1. The van der Waals surface area contributed by atoms with E-state index in [2.05, 4.69) is 0 Å². The largest absolute Gasteiger partial charge is 0.457 e. The van der Waals surface area contributed by atoms with E-state index in [9.17, 15) is 13.2 Å². The Morgan fingerprint density at radius 2 is 1.58 bits per heavy atom. The van der Waals surface area contributed by atoms with Crippen LogP contribution < -0.4 is 21.3 Å². The number of primary sulfonamides is 1. The molecule has 0 atom stereocenters. The van der Waals surface area contributed by atoms with Gasteiger partial charge in [0, 0.05) is 34.4 Å². The van der Waals surface area contributed by atoms with Gasteiger partial charge >= 0.3 is 0 Å². The summed E-state index contributed by atoms with van der Waals surface area (Å²) in [5, 5.41) is 12.9. The van der Waals surface area contributed by atoms with Crippen LogP contribution in [0, 0.1) is 5.41 Å². The monoisotopic (exact) mass is 500 g/mol. The number of nitrogens with two attached hydrogens (primary N) is 3. The number of amidine groups is 1. The van der Waals surface area contributed by atoms with Gasteiger partial charge in [0.1, 0.15) is 17.3 Å². The number of Topliss-reactive ketones (excluding diaryl/α,β-unsaturated/α-hetero) is 1. The number of hydrogen-bond donors (Lipinski definition) is 4. The molecule has 0 bridgehead atoms. The van der Waals surface area contributed by atoms with Crippen LogP contribution in [0.3, 0.4) is 0 Å². The molecular weight excluding hydrogens is 476 g/mol. The fourth-order valence-electron chi connectivity index (χ4n) is 3.76. The van der Waals surface area contributed by atoms with E-state index in [1.54, 1.807) is 84.9 Å². The first-order chi connectivity index (χ1) is 17.1. The second-order valence-electron chi connectivity index (χ2n) is 8.13. The Morgan fingerprint density at radius 1 is 0.861 bits per heavy atom. The minimum Gasteiger partial charge on any atom is -0.457 e. The number of rotatable bonds is 8. The first-order valence-corrected chi connectivity index (χ1v) is 12.4. The third kappa shape index (κ3) is 5.60. The highest BCUT2D eigenvalue weighted by atomic mass is 32.2. The number of ether oxygens (including phenoxy) is 1. The van der Waals surface area contributed by atoms with Crippen LogP contribution in [0.4, 0.5) is 5.69 Å². The second-order valence-corrected chi connectivity index (χ2v) is 9.66. The molecular formula is C27H24N4O4S. The number of nitrogens with one attached hydrogen (secondary N) is 1. The maximum atomic E-state index is 13.1. The first kappa shape index (κ1) is 24.6. The van der Waals surface area contributed by atoms with Crippen LogP contribution in [0.15, 0.2) is 95.9 Å². The van der Waals surface area contributed by atoms with Crippen molar-refractivity contribution in [1.82, 2.24) is 0 Å². The van der Waals surface area contributed by atoms with E-state index in [-0.39, 0.29) is 22.9 Å². The topological polar surface area (TPSA) is 162 Å². The van der Waals surface area contributed by atoms with Gasteiger partial charge in [-0.3, -0.25) is 10.2 Å². The fraction of sp³-hybridized carbons (Fsp3) is 0.0370. The molecule has 7 N–H and O–H groups in total. The van der Waals surface area contributed by atoms with Crippen molar-refractivity contribution in [2.24, 2.45) is 10.9 Å². The molecule has 0 aliphatic rings. The third-order valence-electron chi connectivity index (χ3n) is 5.52. The van der Waals surface area contributed by atoms with Gasteiger partial charge in [-0.1, -0.05) is 54.6 Å². The molecule has 4 rings (SSSR count). The van der Waals surface area contributed by atoms with Crippen molar-refractivity contribution in [3.63, 3.8) is 0 Å². The highest BCUT2D eigenvalue weighted by Crippen LogP contribution is 2.30. The molecule has 0 amide bonds. The highest BCUT2D eigenvalue weighted by Gasteiger charge is 2.16. The van der Waals surface area contributed by atoms with E-state index < -0.39 is 10.0 Å². The first-order valence-electron chi connectivity index (χ1n) is 10.9. The zero-order valence-electron chi connectivity index (χ0n) is 19.1. The van der Waals surface area contributed by atoms with Gasteiger partial charge < -0.3 is 16.2 Å². The van der Waals surface area contributed by atoms with Gasteiger partial charge in [-0.05, 0) is 42.0 Å². The Kier molecular flexibility index (Phi) is 6.86. The SMILES string of the molecule is N=C(N)c1cccc(Oc2ccc(N)cc2CC(=O)c2ccc(-c3ccccc3S(N)(=O)=O)cc2)c1. The summed E-state index contributed by atoms with van der Waals surface area (Å²) < 4.78 is 29.9. The molecule has 0 aromatic heterocycles. The Bertz CT molecular complexity index is 1570. The van der Waals surface area contributed by atoms with Gasteiger partial charge in [0.2, 0.25) is 10.0 Å². The maximum absolute atomic E-state index is 13.1. The van der Waals surface area contributed by atoms with Gasteiger partial charge in [0.15, 0.2) is 5.78 Å². The van der Waals surface area contributed by atoms with Crippen LogP contribution in [-0.2, 0) is 16.4 Å². The number of sulfonamides is 1. The number of hydrogen-bond acceptors (Lipinski definition) is 6. The molecule has 36 heavy (non-hydrogen) atoms. The molecule has 0 radical (unpaired) electrons. The molecule has 0 saturated heterocycles. The van der Waals surface area contributed by atoms with E-state index in [1.807, 2.05) is 0 Å². The van der Waals surface area contributed by atoms with Crippen LogP contribution in [0.2, 0.25) is 0 Å². The van der Waals surface area contributed by atoms with Crippen molar-refractivity contribution in [3.05, 3.63) is 108 Å². The highest BCUT2D eigenvalue weighted by molar-refractivity contribution is 7.89. The number of carbonyl (C=O) groups excluding carboxylic acids is 1. The minimum absolute atomic E-state index is 0.0134. The summed E-state index contributed by atoms with van der Waals surface area (Å²) in [6.45, 7) is 0. The number of ketones is 1. The number of carbonyl (C=O) groups is 1. The zero-order valence-corrected chi connectivity index (χ0v) is 20.0. The third-order valence-corrected chi connectivity index (χ3v) is 6.49. The van der Waals surface area contributed by atoms with E-state index in [0.717, 1.165) is 0 Å². The summed E-state index contributed by atoms with van der Waals surface area (Å²) in [5.41, 5.74) is 14.6. The van der Waals surface area contributed by atoms with Gasteiger partial charge in [-0.15, -0.1) is 0 Å². The summed E-state index contributed by atoms with van der Waals surface area (Å²) in [6.07, 6.45) is 0.0277. The lowest BCUT2D eigenvalue weighted by atomic mass is 9.98. The molecule has 8 nitrogen and oxygen atoms in total. The van der Waals surface area contributed by atoms with E-state index in [0.29, 0.717) is 45.0 Å². The Balaban J connectivity index is 1.58. The fourth-order valence-corrected chi connectivity index (χ4v) is 4.52. The van der Waals surface area contributed by atoms with Crippen LogP contribution in [-0.4, -0.2) is 20.0 Å². The molecule has 0 aliphatic heterocycles. The Hall–Kier alpha value is -4.47. The lowest BCUT2D eigenvalue weighted by Crippen LogP contribution is -2.13. The van der Waals surface area contributed by atoms with Crippen molar-refractivity contribution >= 4 is 27.3 Å². The van der Waals surface area contributed by atoms with Gasteiger partial charge in [-0.25, -0.2) is 13.6 Å². The molecule has 4 aromatic rings. The summed E-state index contributed by atoms with van der Waals surface area (Å²) in [5.74, 6) is 0.675. The summed E-state index contributed by atoms with van der Waals surface area (Å²) in [4.78, 5) is 13.1. The average molecular weight is 501 g/mol. The van der Waals surface area contributed by atoms with Crippen LogP contribution in [0.1, 0.15) is 21.5 Å². The molecule has 0 fully saturated rings. The smallest absolute Gasteiger partial charge is 0.238 e. The van der Waals surface area contributed by atoms with E-state index in [1.165, 1.54) is 6.07 Å². The molecule has 0 saturated carbocycles. The molecule has 9 heteroatoms. The molecule has 4 aromatic carbocycles. The van der Waals surface area contributed by atoms with Gasteiger partial charge in [0.05, 0.1) is 4.90 Å². The molecule has 182 valence electrons. The molecule has 0 heterocycles. The predicted octanol–water partition coefficient (Wildman–Crippen LogP) is 4.08. The molecule has 0 unspecified atom stereocenters. The van der Waals surface area contributed by atoms with E-state index in [4.69, 9.17) is 26.8 Å². The van der Waals surface area contributed by atoms with Crippen molar-refractivity contribution in [2.75, 3.05) is 5.73 Å². The lowest BCUT2D eigenvalue weighted by Gasteiger charge is -2.13. The van der Waals surface area contributed by atoms with Gasteiger partial charge in [0.25, 0.3) is 0 Å². The maximum Gasteiger partial charge on any atom is 0.238 e. The van der Waals surface area contributed by atoms with Crippen LogP contribution >= 0.6 is 0 Å². The Morgan fingerprint density at radius 3 is 2.28 bits per heavy atom. The predicted molar refractivity (Wildman–Crippen MR) is 140 cm³/mol.